The van der Waals surface area contributed by atoms with E-state index in [0.29, 0.717) is 12.2 Å². The van der Waals surface area contributed by atoms with Gasteiger partial charge in [0.1, 0.15) is 11.5 Å². The summed E-state index contributed by atoms with van der Waals surface area (Å²) < 4.78 is 0. The molecule has 0 saturated carbocycles. The summed E-state index contributed by atoms with van der Waals surface area (Å²) in [6, 6.07) is 3.95. The lowest BCUT2D eigenvalue weighted by Gasteiger charge is -2.09. The Morgan fingerprint density at radius 1 is 1.25 bits per heavy atom. The SMILES string of the molecule is CN(C)c1ccc2[nH]c(-c3csc(CCN)n3)nc2n1. The van der Waals surface area contributed by atoms with E-state index in [0.717, 1.165) is 34.3 Å². The molecule has 0 amide bonds. The van der Waals surface area contributed by atoms with Crippen LogP contribution in [0.5, 0.6) is 0 Å². The summed E-state index contributed by atoms with van der Waals surface area (Å²) >= 11 is 1.61. The second-order valence-corrected chi connectivity index (χ2v) is 5.63. The molecule has 0 fully saturated rings. The number of anilines is 1. The lowest BCUT2D eigenvalue weighted by atomic mass is 10.4. The Bertz CT molecular complexity index is 729. The quantitative estimate of drug-likeness (QED) is 0.762. The Kier molecular flexibility index (Phi) is 3.37. The van der Waals surface area contributed by atoms with E-state index in [4.69, 9.17) is 5.73 Å². The predicted molar refractivity (Wildman–Crippen MR) is 82.1 cm³/mol. The molecule has 20 heavy (non-hydrogen) atoms. The van der Waals surface area contributed by atoms with Crippen LogP contribution in [0.3, 0.4) is 0 Å². The molecular weight excluding hydrogens is 272 g/mol. The highest BCUT2D eigenvalue weighted by Crippen LogP contribution is 2.23. The minimum atomic E-state index is 0.612. The van der Waals surface area contributed by atoms with Crippen molar-refractivity contribution in [2.45, 2.75) is 6.42 Å². The number of aromatic nitrogens is 4. The summed E-state index contributed by atoms with van der Waals surface area (Å²) in [6.45, 7) is 0.612. The Morgan fingerprint density at radius 2 is 2.10 bits per heavy atom. The molecule has 0 saturated heterocycles. The van der Waals surface area contributed by atoms with Crippen molar-refractivity contribution in [2.24, 2.45) is 5.73 Å². The largest absolute Gasteiger partial charge is 0.363 e. The highest BCUT2D eigenvalue weighted by atomic mass is 32.1. The van der Waals surface area contributed by atoms with Crippen molar-refractivity contribution in [2.75, 3.05) is 25.5 Å². The maximum atomic E-state index is 5.54. The van der Waals surface area contributed by atoms with Crippen LogP contribution in [0.2, 0.25) is 0 Å². The standard InChI is InChI=1S/C13H16N6S/c1-19(2)10-4-3-8-12(17-10)18-13(16-8)9-7-20-11(15-9)5-6-14/h3-4,7H,5-6,14H2,1-2H3,(H,16,17,18). The molecule has 0 unspecified atom stereocenters. The topological polar surface area (TPSA) is 83.7 Å². The number of nitrogens with zero attached hydrogens (tertiary/aromatic N) is 4. The number of fused-ring (bicyclic) bond motifs is 1. The van der Waals surface area contributed by atoms with Gasteiger partial charge in [-0.2, -0.15) is 0 Å². The molecular formula is C13H16N6S. The van der Waals surface area contributed by atoms with Gasteiger partial charge in [-0.1, -0.05) is 0 Å². The molecule has 7 heteroatoms. The van der Waals surface area contributed by atoms with Crippen molar-refractivity contribution in [1.82, 2.24) is 19.9 Å². The second kappa shape index (κ2) is 5.18. The smallest absolute Gasteiger partial charge is 0.180 e. The van der Waals surface area contributed by atoms with Crippen molar-refractivity contribution in [3.63, 3.8) is 0 Å². The van der Waals surface area contributed by atoms with Crippen LogP contribution in [-0.2, 0) is 6.42 Å². The van der Waals surface area contributed by atoms with Gasteiger partial charge in [0.05, 0.1) is 10.5 Å². The first-order chi connectivity index (χ1) is 9.67. The highest BCUT2D eigenvalue weighted by molar-refractivity contribution is 7.09. The molecule has 0 radical (unpaired) electrons. The Balaban J connectivity index is 1.99. The van der Waals surface area contributed by atoms with Gasteiger partial charge in [0.2, 0.25) is 0 Å². The van der Waals surface area contributed by atoms with Crippen LogP contribution < -0.4 is 10.6 Å². The van der Waals surface area contributed by atoms with E-state index in [1.165, 1.54) is 0 Å². The van der Waals surface area contributed by atoms with E-state index >= 15 is 0 Å². The lowest BCUT2D eigenvalue weighted by Crippen LogP contribution is -2.10. The highest BCUT2D eigenvalue weighted by Gasteiger charge is 2.11. The van der Waals surface area contributed by atoms with Crippen LogP contribution in [0.1, 0.15) is 5.01 Å². The van der Waals surface area contributed by atoms with E-state index in [2.05, 4.69) is 19.9 Å². The number of hydrogen-bond acceptors (Lipinski definition) is 6. The van der Waals surface area contributed by atoms with Crippen LogP contribution in [0, 0.1) is 0 Å². The second-order valence-electron chi connectivity index (χ2n) is 4.69. The van der Waals surface area contributed by atoms with Crippen LogP contribution in [0.4, 0.5) is 5.82 Å². The van der Waals surface area contributed by atoms with Crippen LogP contribution in [0.25, 0.3) is 22.7 Å². The number of nitrogens with one attached hydrogen (secondary N) is 1. The number of H-pyrrole nitrogens is 1. The fourth-order valence-electron chi connectivity index (χ4n) is 1.91. The number of hydrogen-bond donors (Lipinski definition) is 2. The molecule has 0 aliphatic carbocycles. The van der Waals surface area contributed by atoms with Crippen LogP contribution >= 0.6 is 11.3 Å². The van der Waals surface area contributed by atoms with Gasteiger partial charge in [0.15, 0.2) is 11.5 Å². The minimum Gasteiger partial charge on any atom is -0.363 e. The molecule has 0 atom stereocenters. The van der Waals surface area contributed by atoms with Gasteiger partial charge >= 0.3 is 0 Å². The molecule has 0 aromatic carbocycles. The molecule has 0 bridgehead atoms. The molecule has 3 N–H and O–H groups in total. The van der Waals surface area contributed by atoms with Gasteiger partial charge in [-0.15, -0.1) is 11.3 Å². The molecule has 6 nitrogen and oxygen atoms in total. The number of nitrogens with two attached hydrogens (primary N) is 1. The number of imidazole rings is 1. The van der Waals surface area contributed by atoms with Gasteiger partial charge in [0, 0.05) is 25.9 Å². The summed E-state index contributed by atoms with van der Waals surface area (Å²) in [4.78, 5) is 18.8. The normalized spacial score (nSPS) is 11.2. The van der Waals surface area contributed by atoms with E-state index in [1.54, 1.807) is 11.3 Å². The summed E-state index contributed by atoms with van der Waals surface area (Å²) in [7, 11) is 3.92. The number of aromatic amines is 1. The third-order valence-electron chi connectivity index (χ3n) is 2.94. The summed E-state index contributed by atoms with van der Waals surface area (Å²) in [5, 5.41) is 3.03. The van der Waals surface area contributed by atoms with Gasteiger partial charge in [-0.25, -0.2) is 15.0 Å². The van der Waals surface area contributed by atoms with Crippen molar-refractivity contribution in [3.05, 3.63) is 22.5 Å². The van der Waals surface area contributed by atoms with Crippen molar-refractivity contribution >= 4 is 28.3 Å². The van der Waals surface area contributed by atoms with Crippen molar-refractivity contribution in [1.29, 1.82) is 0 Å². The molecule has 0 aliphatic heterocycles. The van der Waals surface area contributed by atoms with Gasteiger partial charge in [-0.05, 0) is 18.7 Å². The van der Waals surface area contributed by atoms with E-state index in [-0.39, 0.29) is 0 Å². The third kappa shape index (κ3) is 2.37. The molecule has 3 aromatic rings. The predicted octanol–water partition coefficient (Wildman–Crippen LogP) is 1.65. The van der Waals surface area contributed by atoms with Crippen molar-refractivity contribution in [3.8, 4) is 11.5 Å². The minimum absolute atomic E-state index is 0.612. The first kappa shape index (κ1) is 13.0. The Morgan fingerprint density at radius 3 is 2.85 bits per heavy atom. The average molecular weight is 288 g/mol. The summed E-state index contributed by atoms with van der Waals surface area (Å²) in [5.74, 6) is 1.64. The molecule has 104 valence electrons. The maximum absolute atomic E-state index is 5.54. The molecule has 3 heterocycles. The lowest BCUT2D eigenvalue weighted by molar-refractivity contribution is 0.953. The Labute approximate surface area is 120 Å². The van der Waals surface area contributed by atoms with E-state index in [1.807, 2.05) is 36.5 Å². The van der Waals surface area contributed by atoms with Crippen LogP contribution in [0.15, 0.2) is 17.5 Å². The zero-order valence-corrected chi connectivity index (χ0v) is 12.2. The Hall–Kier alpha value is -1.99. The molecule has 3 rings (SSSR count). The maximum Gasteiger partial charge on any atom is 0.180 e. The third-order valence-corrected chi connectivity index (χ3v) is 3.85. The van der Waals surface area contributed by atoms with E-state index in [9.17, 15) is 0 Å². The summed E-state index contributed by atoms with van der Waals surface area (Å²) in [6.07, 6.45) is 0.800. The van der Waals surface area contributed by atoms with E-state index < -0.39 is 0 Å². The van der Waals surface area contributed by atoms with Gasteiger partial charge in [-0.3, -0.25) is 0 Å². The first-order valence-corrected chi connectivity index (χ1v) is 7.24. The van der Waals surface area contributed by atoms with Crippen LogP contribution in [-0.4, -0.2) is 40.6 Å². The number of rotatable bonds is 4. The summed E-state index contributed by atoms with van der Waals surface area (Å²) in [5.41, 5.74) is 8.02. The van der Waals surface area contributed by atoms with Crippen molar-refractivity contribution < 1.29 is 0 Å². The number of thiazole rings is 1. The first-order valence-electron chi connectivity index (χ1n) is 6.36. The van der Waals surface area contributed by atoms with Gasteiger partial charge < -0.3 is 15.6 Å². The number of pyridine rings is 1. The molecule has 0 spiro atoms. The molecule has 3 aromatic heterocycles. The monoisotopic (exact) mass is 288 g/mol. The average Bonchev–Trinajstić information content (AvgIpc) is 3.03. The zero-order valence-electron chi connectivity index (χ0n) is 11.4. The zero-order chi connectivity index (χ0) is 14.1. The van der Waals surface area contributed by atoms with Gasteiger partial charge in [0.25, 0.3) is 0 Å². The fraction of sp³-hybridized carbons (Fsp3) is 0.308. The fourth-order valence-corrected chi connectivity index (χ4v) is 2.71. The molecule has 0 aliphatic rings.